The summed E-state index contributed by atoms with van der Waals surface area (Å²) in [5.74, 6) is 0.956. The third-order valence-electron chi connectivity index (χ3n) is 4.02. The van der Waals surface area contributed by atoms with E-state index in [0.29, 0.717) is 0 Å². The quantitative estimate of drug-likeness (QED) is 0.648. The van der Waals surface area contributed by atoms with Crippen LogP contribution in [0.4, 0.5) is 0 Å². The van der Waals surface area contributed by atoms with Gasteiger partial charge in [-0.2, -0.15) is 0 Å². The molecule has 0 heterocycles. The maximum atomic E-state index is 9.40. The summed E-state index contributed by atoms with van der Waals surface area (Å²) >= 11 is 0. The fraction of sp³-hybridized carbons (Fsp3) is 1.00. The first kappa shape index (κ1) is 14.9. The standard InChI is InChI=1S/C14H30N2O/c1-4-15-14(2,12-17)9-6-10-16(3)11-13-7-5-8-13/h13,15,17H,4-12H2,1-3H3. The summed E-state index contributed by atoms with van der Waals surface area (Å²) in [7, 11) is 2.22. The molecule has 1 unspecified atom stereocenters. The van der Waals surface area contributed by atoms with Gasteiger partial charge < -0.3 is 15.3 Å². The molecule has 0 amide bonds. The summed E-state index contributed by atoms with van der Waals surface area (Å²) < 4.78 is 0. The highest BCUT2D eigenvalue weighted by Crippen LogP contribution is 2.26. The van der Waals surface area contributed by atoms with Crippen molar-refractivity contribution in [1.29, 1.82) is 0 Å². The van der Waals surface area contributed by atoms with E-state index in [4.69, 9.17) is 0 Å². The molecule has 0 aromatic carbocycles. The van der Waals surface area contributed by atoms with Gasteiger partial charge in [0.05, 0.1) is 6.61 Å². The maximum absolute atomic E-state index is 9.40. The van der Waals surface area contributed by atoms with Crippen LogP contribution in [0.25, 0.3) is 0 Å². The Kier molecular flexibility index (Phi) is 6.45. The highest BCUT2D eigenvalue weighted by atomic mass is 16.3. The SMILES string of the molecule is CCNC(C)(CO)CCCN(C)CC1CCC1. The predicted molar refractivity (Wildman–Crippen MR) is 73.2 cm³/mol. The van der Waals surface area contributed by atoms with Crippen LogP contribution in [0.5, 0.6) is 0 Å². The van der Waals surface area contributed by atoms with Crippen LogP contribution in [0.3, 0.4) is 0 Å². The minimum atomic E-state index is -0.0912. The largest absolute Gasteiger partial charge is 0.394 e. The summed E-state index contributed by atoms with van der Waals surface area (Å²) in [5, 5.41) is 12.8. The van der Waals surface area contributed by atoms with Gasteiger partial charge in [0.2, 0.25) is 0 Å². The van der Waals surface area contributed by atoms with Gasteiger partial charge in [-0.15, -0.1) is 0 Å². The summed E-state index contributed by atoms with van der Waals surface area (Å²) in [4.78, 5) is 2.45. The molecule has 0 radical (unpaired) electrons. The van der Waals surface area contributed by atoms with Crippen molar-refractivity contribution in [3.05, 3.63) is 0 Å². The minimum Gasteiger partial charge on any atom is -0.394 e. The van der Waals surface area contributed by atoms with Crippen molar-refractivity contribution in [2.45, 2.75) is 51.5 Å². The molecule has 0 aliphatic heterocycles. The van der Waals surface area contributed by atoms with Gasteiger partial charge >= 0.3 is 0 Å². The molecule has 0 saturated heterocycles. The molecule has 1 saturated carbocycles. The zero-order chi connectivity index (χ0) is 12.7. The number of likely N-dealkylation sites (N-methyl/N-ethyl adjacent to an activating group) is 1. The molecule has 0 aromatic rings. The summed E-state index contributed by atoms with van der Waals surface area (Å²) in [6.45, 7) is 7.77. The van der Waals surface area contributed by atoms with Crippen LogP contribution < -0.4 is 5.32 Å². The lowest BCUT2D eigenvalue weighted by atomic mass is 9.85. The Bertz CT molecular complexity index is 206. The van der Waals surface area contributed by atoms with Crippen LogP contribution in [0.2, 0.25) is 0 Å². The number of nitrogens with zero attached hydrogens (tertiary/aromatic N) is 1. The molecule has 1 aliphatic rings. The lowest BCUT2D eigenvalue weighted by Crippen LogP contribution is -2.46. The van der Waals surface area contributed by atoms with Crippen LogP contribution in [-0.2, 0) is 0 Å². The second-order valence-corrected chi connectivity index (χ2v) is 5.91. The van der Waals surface area contributed by atoms with E-state index in [1.54, 1.807) is 0 Å². The lowest BCUT2D eigenvalue weighted by Gasteiger charge is -2.32. The molecule has 17 heavy (non-hydrogen) atoms. The van der Waals surface area contributed by atoms with Gasteiger partial charge in [-0.25, -0.2) is 0 Å². The molecule has 1 aliphatic carbocycles. The Morgan fingerprint density at radius 1 is 1.41 bits per heavy atom. The molecule has 1 fully saturated rings. The van der Waals surface area contributed by atoms with Gasteiger partial charge in [-0.1, -0.05) is 13.3 Å². The van der Waals surface area contributed by atoms with Crippen LogP contribution in [0.15, 0.2) is 0 Å². The smallest absolute Gasteiger partial charge is 0.0610 e. The van der Waals surface area contributed by atoms with Gasteiger partial charge in [0.1, 0.15) is 0 Å². The van der Waals surface area contributed by atoms with E-state index in [1.165, 1.54) is 25.8 Å². The van der Waals surface area contributed by atoms with Gasteiger partial charge in [0.25, 0.3) is 0 Å². The topological polar surface area (TPSA) is 35.5 Å². The molecule has 1 atom stereocenters. The first-order valence-electron chi connectivity index (χ1n) is 7.14. The van der Waals surface area contributed by atoms with E-state index in [-0.39, 0.29) is 12.1 Å². The monoisotopic (exact) mass is 242 g/mol. The summed E-state index contributed by atoms with van der Waals surface area (Å²) in [6, 6.07) is 0. The van der Waals surface area contributed by atoms with E-state index in [1.807, 2.05) is 0 Å². The average molecular weight is 242 g/mol. The predicted octanol–water partition coefficient (Wildman–Crippen LogP) is 1.86. The van der Waals surface area contributed by atoms with Gasteiger partial charge in [0, 0.05) is 12.1 Å². The Hall–Kier alpha value is -0.120. The van der Waals surface area contributed by atoms with Crippen molar-refractivity contribution >= 4 is 0 Å². The fourth-order valence-electron chi connectivity index (χ4n) is 2.60. The van der Waals surface area contributed by atoms with Gasteiger partial charge in [0.15, 0.2) is 0 Å². The van der Waals surface area contributed by atoms with Crippen molar-refractivity contribution in [2.24, 2.45) is 5.92 Å². The minimum absolute atomic E-state index is 0.0912. The van der Waals surface area contributed by atoms with Crippen LogP contribution in [0.1, 0.15) is 46.0 Å². The first-order valence-corrected chi connectivity index (χ1v) is 7.14. The Morgan fingerprint density at radius 3 is 2.59 bits per heavy atom. The summed E-state index contributed by atoms with van der Waals surface area (Å²) in [5.41, 5.74) is -0.0912. The second kappa shape index (κ2) is 7.34. The molecule has 3 heteroatoms. The molecule has 102 valence electrons. The molecule has 1 rings (SSSR count). The summed E-state index contributed by atoms with van der Waals surface area (Å²) in [6.07, 6.45) is 6.49. The molecule has 0 spiro atoms. The van der Waals surface area contributed by atoms with Crippen LogP contribution in [-0.4, -0.2) is 48.8 Å². The zero-order valence-electron chi connectivity index (χ0n) is 11.8. The van der Waals surface area contributed by atoms with E-state index in [9.17, 15) is 5.11 Å². The lowest BCUT2D eigenvalue weighted by molar-refractivity contribution is 0.154. The average Bonchev–Trinajstić information content (AvgIpc) is 2.24. The molecular weight excluding hydrogens is 212 g/mol. The van der Waals surface area contributed by atoms with Crippen LogP contribution >= 0.6 is 0 Å². The van der Waals surface area contributed by atoms with E-state index < -0.39 is 0 Å². The number of aliphatic hydroxyl groups is 1. The van der Waals surface area contributed by atoms with Crippen molar-refractivity contribution in [3.63, 3.8) is 0 Å². The molecule has 0 aromatic heterocycles. The Balaban J connectivity index is 2.11. The van der Waals surface area contributed by atoms with Crippen molar-refractivity contribution in [2.75, 3.05) is 33.3 Å². The third kappa shape index (κ3) is 5.36. The van der Waals surface area contributed by atoms with Crippen molar-refractivity contribution in [3.8, 4) is 0 Å². The first-order chi connectivity index (χ1) is 8.09. The second-order valence-electron chi connectivity index (χ2n) is 5.91. The fourth-order valence-corrected chi connectivity index (χ4v) is 2.60. The molecule has 2 N–H and O–H groups in total. The van der Waals surface area contributed by atoms with Crippen LogP contribution in [0, 0.1) is 5.92 Å². The Morgan fingerprint density at radius 2 is 2.12 bits per heavy atom. The number of hydrogen-bond acceptors (Lipinski definition) is 3. The normalized spacial score (nSPS) is 20.3. The van der Waals surface area contributed by atoms with E-state index in [2.05, 4.69) is 31.1 Å². The van der Waals surface area contributed by atoms with Crippen molar-refractivity contribution < 1.29 is 5.11 Å². The number of rotatable bonds is 9. The van der Waals surface area contributed by atoms with E-state index in [0.717, 1.165) is 31.8 Å². The highest BCUT2D eigenvalue weighted by Gasteiger charge is 2.22. The highest BCUT2D eigenvalue weighted by molar-refractivity contribution is 4.82. The zero-order valence-corrected chi connectivity index (χ0v) is 11.8. The maximum Gasteiger partial charge on any atom is 0.0610 e. The Labute approximate surface area is 107 Å². The molecule has 0 bridgehead atoms. The van der Waals surface area contributed by atoms with E-state index >= 15 is 0 Å². The van der Waals surface area contributed by atoms with Crippen molar-refractivity contribution in [1.82, 2.24) is 10.2 Å². The number of nitrogens with one attached hydrogen (secondary N) is 1. The number of hydrogen-bond donors (Lipinski definition) is 2. The molecular formula is C14H30N2O. The van der Waals surface area contributed by atoms with Gasteiger partial charge in [-0.3, -0.25) is 0 Å². The molecule has 3 nitrogen and oxygen atoms in total. The third-order valence-corrected chi connectivity index (χ3v) is 4.02. The van der Waals surface area contributed by atoms with Gasteiger partial charge in [-0.05, 0) is 58.7 Å². The number of aliphatic hydroxyl groups excluding tert-OH is 1.